The highest BCUT2D eigenvalue weighted by molar-refractivity contribution is 5.93. The number of imidazole rings is 1. The molecule has 4 heterocycles. The summed E-state index contributed by atoms with van der Waals surface area (Å²) in [7, 11) is 0. The van der Waals surface area contributed by atoms with E-state index in [0.29, 0.717) is 25.2 Å². The molecular weight excluding hydrogens is 335 g/mol. The van der Waals surface area contributed by atoms with Gasteiger partial charge in [-0.1, -0.05) is 0 Å². The van der Waals surface area contributed by atoms with E-state index in [1.54, 1.807) is 23.2 Å². The van der Waals surface area contributed by atoms with Crippen LogP contribution < -0.4 is 0 Å². The summed E-state index contributed by atoms with van der Waals surface area (Å²) < 4.78 is 15.9. The lowest BCUT2D eigenvalue weighted by molar-refractivity contribution is -0.127. The van der Waals surface area contributed by atoms with Crippen LogP contribution in [0, 0.1) is 18.3 Å². The van der Waals surface area contributed by atoms with E-state index < -0.39 is 5.95 Å². The zero-order chi connectivity index (χ0) is 18.5. The Hall–Kier alpha value is -2.44. The molecule has 0 radical (unpaired) electrons. The zero-order valence-electron chi connectivity index (χ0n) is 15.2. The predicted molar refractivity (Wildman–Crippen MR) is 94.3 cm³/mol. The number of piperidine rings is 1. The number of pyridine rings is 1. The number of halogens is 1. The number of hydrogen-bond donors (Lipinski definition) is 0. The van der Waals surface area contributed by atoms with Crippen molar-refractivity contribution in [3.63, 3.8) is 0 Å². The maximum Gasteiger partial charge on any atom is 0.277 e. The third kappa shape index (κ3) is 2.66. The molecule has 4 rings (SSSR count). The minimum Gasteiger partial charge on any atom is -0.342 e. The number of likely N-dealkylation sites (tertiary alicyclic amines) is 2. The average Bonchev–Trinajstić information content (AvgIpc) is 3.11. The molecule has 26 heavy (non-hydrogen) atoms. The SMILES string of the molecule is CCN1CC2(CCN(C(=O)c3nc4cc(C)ccn4c3F)CC2)CC1=O. The van der Waals surface area contributed by atoms with Gasteiger partial charge in [0.1, 0.15) is 5.65 Å². The highest BCUT2D eigenvalue weighted by atomic mass is 19.1. The number of carbonyl (C=O) groups excluding carboxylic acids is 2. The molecular formula is C19H23FN4O2. The Morgan fingerprint density at radius 3 is 2.73 bits per heavy atom. The molecule has 2 aromatic rings. The molecule has 0 bridgehead atoms. The number of aromatic nitrogens is 2. The Morgan fingerprint density at radius 2 is 2.08 bits per heavy atom. The first-order valence-corrected chi connectivity index (χ1v) is 9.14. The van der Waals surface area contributed by atoms with E-state index in [4.69, 9.17) is 0 Å². The van der Waals surface area contributed by atoms with E-state index in [9.17, 15) is 14.0 Å². The molecule has 0 N–H and O–H groups in total. The number of nitrogens with zero attached hydrogens (tertiary/aromatic N) is 4. The number of rotatable bonds is 2. The Morgan fingerprint density at radius 1 is 1.35 bits per heavy atom. The molecule has 0 aliphatic carbocycles. The van der Waals surface area contributed by atoms with Gasteiger partial charge in [-0.05, 0) is 44.4 Å². The first-order valence-electron chi connectivity index (χ1n) is 9.14. The van der Waals surface area contributed by atoms with Crippen LogP contribution in [0.1, 0.15) is 42.2 Å². The summed E-state index contributed by atoms with van der Waals surface area (Å²) >= 11 is 0. The van der Waals surface area contributed by atoms with Gasteiger partial charge in [-0.25, -0.2) is 4.98 Å². The Labute approximate surface area is 151 Å². The second-order valence-corrected chi connectivity index (χ2v) is 7.56. The van der Waals surface area contributed by atoms with Crippen LogP contribution in [-0.4, -0.2) is 57.2 Å². The summed E-state index contributed by atoms with van der Waals surface area (Å²) in [4.78, 5) is 32.6. The fourth-order valence-corrected chi connectivity index (χ4v) is 4.19. The summed E-state index contributed by atoms with van der Waals surface area (Å²) in [5.74, 6) is -0.775. The summed E-state index contributed by atoms with van der Waals surface area (Å²) in [6.07, 6.45) is 3.70. The van der Waals surface area contributed by atoms with Gasteiger partial charge in [0.2, 0.25) is 11.9 Å². The molecule has 2 fully saturated rings. The smallest absolute Gasteiger partial charge is 0.277 e. The van der Waals surface area contributed by atoms with Gasteiger partial charge in [-0.3, -0.25) is 14.0 Å². The van der Waals surface area contributed by atoms with Crippen LogP contribution >= 0.6 is 0 Å². The lowest BCUT2D eigenvalue weighted by atomic mass is 9.77. The second-order valence-electron chi connectivity index (χ2n) is 7.56. The number of hydrogen-bond acceptors (Lipinski definition) is 3. The molecule has 0 unspecified atom stereocenters. The summed E-state index contributed by atoms with van der Waals surface area (Å²) in [6.45, 7) is 6.47. The maximum absolute atomic E-state index is 14.6. The number of amides is 2. The van der Waals surface area contributed by atoms with Crippen molar-refractivity contribution in [1.82, 2.24) is 19.2 Å². The highest BCUT2D eigenvalue weighted by Crippen LogP contribution is 2.41. The van der Waals surface area contributed by atoms with Gasteiger partial charge in [0, 0.05) is 44.2 Å². The first kappa shape index (κ1) is 17.0. The number of aryl methyl sites for hydroxylation is 1. The Kier molecular flexibility index (Phi) is 3.97. The normalized spacial score (nSPS) is 19.7. The van der Waals surface area contributed by atoms with Crippen molar-refractivity contribution in [2.75, 3.05) is 26.2 Å². The number of fused-ring (bicyclic) bond motifs is 1. The van der Waals surface area contributed by atoms with Crippen LogP contribution in [0.5, 0.6) is 0 Å². The average molecular weight is 358 g/mol. The van der Waals surface area contributed by atoms with E-state index in [1.165, 1.54) is 4.40 Å². The van der Waals surface area contributed by atoms with Gasteiger partial charge in [0.25, 0.3) is 5.91 Å². The van der Waals surface area contributed by atoms with Crippen LogP contribution in [0.4, 0.5) is 4.39 Å². The molecule has 138 valence electrons. The van der Waals surface area contributed by atoms with Crippen LogP contribution in [0.15, 0.2) is 18.3 Å². The van der Waals surface area contributed by atoms with Gasteiger partial charge >= 0.3 is 0 Å². The fraction of sp³-hybridized carbons (Fsp3) is 0.526. The summed E-state index contributed by atoms with van der Waals surface area (Å²) in [5, 5.41) is 0. The topological polar surface area (TPSA) is 57.9 Å². The van der Waals surface area contributed by atoms with Crippen LogP contribution in [0.3, 0.4) is 0 Å². The van der Waals surface area contributed by atoms with E-state index in [-0.39, 0.29) is 22.9 Å². The van der Waals surface area contributed by atoms with Gasteiger partial charge < -0.3 is 9.80 Å². The van der Waals surface area contributed by atoms with Crippen molar-refractivity contribution in [3.8, 4) is 0 Å². The van der Waals surface area contributed by atoms with Crippen molar-refractivity contribution in [3.05, 3.63) is 35.5 Å². The van der Waals surface area contributed by atoms with E-state index in [0.717, 1.165) is 31.5 Å². The summed E-state index contributed by atoms with van der Waals surface area (Å²) in [6, 6.07) is 3.54. The largest absolute Gasteiger partial charge is 0.342 e. The summed E-state index contributed by atoms with van der Waals surface area (Å²) in [5.41, 5.74) is 1.26. The first-order chi connectivity index (χ1) is 12.4. The second kappa shape index (κ2) is 6.07. The third-order valence-corrected chi connectivity index (χ3v) is 5.82. The van der Waals surface area contributed by atoms with Crippen molar-refractivity contribution in [1.29, 1.82) is 0 Å². The van der Waals surface area contributed by atoms with Crippen molar-refractivity contribution < 1.29 is 14.0 Å². The molecule has 2 amide bonds. The van der Waals surface area contributed by atoms with Gasteiger partial charge in [0.15, 0.2) is 5.69 Å². The molecule has 1 spiro atoms. The molecule has 0 aromatic carbocycles. The number of carbonyl (C=O) groups is 2. The predicted octanol–water partition coefficient (Wildman–Crippen LogP) is 2.26. The minimum absolute atomic E-state index is 0.0293. The zero-order valence-corrected chi connectivity index (χ0v) is 15.2. The minimum atomic E-state index is -0.613. The van der Waals surface area contributed by atoms with Gasteiger partial charge in [-0.2, -0.15) is 4.39 Å². The highest BCUT2D eigenvalue weighted by Gasteiger charge is 2.45. The Balaban J connectivity index is 1.51. The van der Waals surface area contributed by atoms with Crippen LogP contribution in [0.25, 0.3) is 5.65 Å². The van der Waals surface area contributed by atoms with Crippen LogP contribution in [-0.2, 0) is 4.79 Å². The molecule has 0 atom stereocenters. The molecule has 2 aliphatic heterocycles. The molecule has 6 nitrogen and oxygen atoms in total. The molecule has 2 aromatic heterocycles. The van der Waals surface area contributed by atoms with Crippen molar-refractivity contribution >= 4 is 17.5 Å². The Bertz CT molecular complexity index is 883. The standard InChI is InChI=1S/C19H23FN4O2/c1-3-22-12-19(11-15(22)25)5-8-23(9-6-19)18(26)16-17(20)24-7-4-13(2)10-14(24)21-16/h4,7,10H,3,5-6,8-9,11-12H2,1-2H3. The molecule has 2 saturated heterocycles. The third-order valence-electron chi connectivity index (χ3n) is 5.82. The van der Waals surface area contributed by atoms with E-state index in [2.05, 4.69) is 4.98 Å². The monoisotopic (exact) mass is 358 g/mol. The van der Waals surface area contributed by atoms with Gasteiger partial charge in [-0.15, -0.1) is 0 Å². The molecule has 2 aliphatic rings. The molecule has 0 saturated carbocycles. The van der Waals surface area contributed by atoms with E-state index in [1.807, 2.05) is 18.7 Å². The van der Waals surface area contributed by atoms with E-state index >= 15 is 0 Å². The fourth-order valence-electron chi connectivity index (χ4n) is 4.19. The lowest BCUT2D eigenvalue weighted by Gasteiger charge is -2.38. The van der Waals surface area contributed by atoms with Crippen molar-refractivity contribution in [2.45, 2.75) is 33.1 Å². The van der Waals surface area contributed by atoms with Crippen molar-refractivity contribution in [2.24, 2.45) is 5.41 Å². The van der Waals surface area contributed by atoms with Gasteiger partial charge in [0.05, 0.1) is 0 Å². The quantitative estimate of drug-likeness (QED) is 0.827. The van der Waals surface area contributed by atoms with Crippen LogP contribution in [0.2, 0.25) is 0 Å². The maximum atomic E-state index is 14.6. The molecule has 7 heteroatoms. The lowest BCUT2D eigenvalue weighted by Crippen LogP contribution is -2.44.